The highest BCUT2D eigenvalue weighted by Crippen LogP contribution is 2.41. The van der Waals surface area contributed by atoms with E-state index < -0.39 is 0 Å². The fourth-order valence-corrected chi connectivity index (χ4v) is 3.63. The molecule has 5 nitrogen and oxygen atoms in total. The third-order valence-corrected chi connectivity index (χ3v) is 5.12. The molecule has 1 heterocycles. The maximum atomic E-state index is 12.8. The van der Waals surface area contributed by atoms with Gasteiger partial charge in [0.05, 0.1) is 0 Å². The SMILES string of the molecule is CC(C)(C)N/N=C1\CC2(C=CCCC2)CCN1C(=O)OCc1ccccc1.Cl. The van der Waals surface area contributed by atoms with E-state index >= 15 is 0 Å². The first-order valence-electron chi connectivity index (χ1n) is 9.87. The molecule has 0 bridgehead atoms. The molecule has 1 unspecified atom stereocenters. The second kappa shape index (κ2) is 9.46. The minimum atomic E-state index is -0.317. The van der Waals surface area contributed by atoms with Gasteiger partial charge < -0.3 is 10.2 Å². The normalized spacial score (nSPS) is 23.4. The Labute approximate surface area is 174 Å². The third kappa shape index (κ3) is 5.99. The van der Waals surface area contributed by atoms with Gasteiger partial charge in [-0.3, -0.25) is 4.90 Å². The van der Waals surface area contributed by atoms with Crippen LogP contribution in [0.15, 0.2) is 47.6 Å². The quantitative estimate of drug-likeness (QED) is 0.550. The second-order valence-corrected chi connectivity index (χ2v) is 8.67. The summed E-state index contributed by atoms with van der Waals surface area (Å²) in [7, 11) is 0. The Morgan fingerprint density at radius 1 is 1.25 bits per heavy atom. The molecule has 1 saturated heterocycles. The fourth-order valence-electron chi connectivity index (χ4n) is 3.63. The number of nitrogens with zero attached hydrogens (tertiary/aromatic N) is 2. The number of amidine groups is 1. The van der Waals surface area contributed by atoms with Crippen LogP contribution in [0.2, 0.25) is 0 Å². The van der Waals surface area contributed by atoms with Crippen LogP contribution in [0.1, 0.15) is 58.4 Å². The molecular formula is C22H32ClN3O2. The van der Waals surface area contributed by atoms with Crippen LogP contribution in [0, 0.1) is 5.41 Å². The van der Waals surface area contributed by atoms with Gasteiger partial charge in [0.1, 0.15) is 12.4 Å². The van der Waals surface area contributed by atoms with E-state index in [0.29, 0.717) is 6.54 Å². The lowest BCUT2D eigenvalue weighted by Gasteiger charge is -2.41. The third-order valence-electron chi connectivity index (χ3n) is 5.12. The molecule has 1 aromatic carbocycles. The number of allylic oxidation sites excluding steroid dienone is 2. The highest BCUT2D eigenvalue weighted by atomic mass is 35.5. The summed E-state index contributed by atoms with van der Waals surface area (Å²) in [6, 6.07) is 9.77. The summed E-state index contributed by atoms with van der Waals surface area (Å²) in [6.45, 7) is 7.11. The maximum Gasteiger partial charge on any atom is 0.415 e. The van der Waals surface area contributed by atoms with Crippen LogP contribution < -0.4 is 5.43 Å². The number of ether oxygens (including phenoxy) is 1. The lowest BCUT2D eigenvalue weighted by atomic mass is 9.71. The van der Waals surface area contributed by atoms with Gasteiger partial charge in [-0.15, -0.1) is 12.4 Å². The molecule has 1 aromatic rings. The van der Waals surface area contributed by atoms with Crippen molar-refractivity contribution in [3.8, 4) is 0 Å². The van der Waals surface area contributed by atoms with Gasteiger partial charge in [0.25, 0.3) is 0 Å². The molecule has 6 heteroatoms. The van der Waals surface area contributed by atoms with Gasteiger partial charge in [-0.2, -0.15) is 5.10 Å². The molecule has 3 rings (SSSR count). The van der Waals surface area contributed by atoms with E-state index in [-0.39, 0.29) is 36.1 Å². The minimum Gasteiger partial charge on any atom is -0.444 e. The molecule has 1 N–H and O–H groups in total. The molecular weight excluding hydrogens is 374 g/mol. The van der Waals surface area contributed by atoms with Crippen molar-refractivity contribution in [2.24, 2.45) is 10.5 Å². The van der Waals surface area contributed by atoms with Crippen LogP contribution in [0.4, 0.5) is 4.79 Å². The lowest BCUT2D eigenvalue weighted by molar-refractivity contribution is 0.105. The van der Waals surface area contributed by atoms with E-state index in [0.717, 1.165) is 37.1 Å². The van der Waals surface area contributed by atoms with Crippen molar-refractivity contribution < 1.29 is 9.53 Å². The first-order valence-corrected chi connectivity index (χ1v) is 9.87. The average molecular weight is 406 g/mol. The minimum absolute atomic E-state index is 0. The zero-order valence-electron chi connectivity index (χ0n) is 17.1. The van der Waals surface area contributed by atoms with E-state index in [1.165, 1.54) is 6.42 Å². The number of amides is 1. The smallest absolute Gasteiger partial charge is 0.415 e. The van der Waals surface area contributed by atoms with Crippen molar-refractivity contribution >= 4 is 24.3 Å². The van der Waals surface area contributed by atoms with Crippen molar-refractivity contribution in [2.75, 3.05) is 6.54 Å². The topological polar surface area (TPSA) is 53.9 Å². The molecule has 1 aliphatic heterocycles. The van der Waals surface area contributed by atoms with Gasteiger partial charge in [-0.25, -0.2) is 4.79 Å². The Morgan fingerprint density at radius 3 is 2.64 bits per heavy atom. The monoisotopic (exact) mass is 405 g/mol. The van der Waals surface area contributed by atoms with Crippen molar-refractivity contribution in [3.63, 3.8) is 0 Å². The van der Waals surface area contributed by atoms with Crippen LogP contribution >= 0.6 is 12.4 Å². The summed E-state index contributed by atoms with van der Waals surface area (Å²) in [5.74, 6) is 0.779. The van der Waals surface area contributed by atoms with Crippen LogP contribution in [0.25, 0.3) is 0 Å². The molecule has 154 valence electrons. The van der Waals surface area contributed by atoms with Gasteiger partial charge >= 0.3 is 6.09 Å². The van der Waals surface area contributed by atoms with Gasteiger partial charge in [0.15, 0.2) is 0 Å². The maximum absolute atomic E-state index is 12.8. The Morgan fingerprint density at radius 2 is 2.00 bits per heavy atom. The second-order valence-electron chi connectivity index (χ2n) is 8.67. The number of piperidine rings is 1. The Bertz CT molecular complexity index is 712. The summed E-state index contributed by atoms with van der Waals surface area (Å²) in [5, 5.41) is 4.62. The number of carbonyl (C=O) groups excluding carboxylic acids is 1. The molecule has 1 fully saturated rings. The van der Waals surface area contributed by atoms with Crippen LogP contribution in [0.5, 0.6) is 0 Å². The first-order chi connectivity index (χ1) is 12.9. The van der Waals surface area contributed by atoms with Gasteiger partial charge in [-0.1, -0.05) is 42.5 Å². The van der Waals surface area contributed by atoms with Gasteiger partial charge in [0.2, 0.25) is 0 Å². The largest absolute Gasteiger partial charge is 0.444 e. The Kier molecular flexibility index (Phi) is 7.53. The molecule has 0 aromatic heterocycles. The molecule has 0 radical (unpaired) electrons. The van der Waals surface area contributed by atoms with Crippen molar-refractivity contribution in [2.45, 2.75) is 65.0 Å². The highest BCUT2D eigenvalue weighted by Gasteiger charge is 2.39. The Balaban J connectivity index is 0.00000280. The number of hydrogen-bond donors (Lipinski definition) is 1. The predicted molar refractivity (Wildman–Crippen MR) is 116 cm³/mol. The molecule has 2 aliphatic rings. The zero-order chi connectivity index (χ0) is 19.3. The van der Waals surface area contributed by atoms with Crippen LogP contribution in [0.3, 0.4) is 0 Å². The van der Waals surface area contributed by atoms with E-state index in [1.54, 1.807) is 4.90 Å². The number of nitrogens with one attached hydrogen (secondary N) is 1. The van der Waals surface area contributed by atoms with Crippen molar-refractivity contribution in [1.82, 2.24) is 10.3 Å². The van der Waals surface area contributed by atoms with Crippen molar-refractivity contribution in [1.29, 1.82) is 0 Å². The summed E-state index contributed by atoms with van der Waals surface area (Å²) in [6.07, 6.45) is 9.54. The summed E-state index contributed by atoms with van der Waals surface area (Å²) >= 11 is 0. The summed E-state index contributed by atoms with van der Waals surface area (Å²) < 4.78 is 5.57. The Hall–Kier alpha value is -2.01. The number of carbonyl (C=O) groups is 1. The average Bonchev–Trinajstić information content (AvgIpc) is 2.65. The first kappa shape index (κ1) is 22.3. The number of hydrazone groups is 1. The van der Waals surface area contributed by atoms with Crippen molar-refractivity contribution in [3.05, 3.63) is 48.0 Å². The number of hydrogen-bond acceptors (Lipinski definition) is 4. The molecule has 1 aliphatic carbocycles. The zero-order valence-corrected chi connectivity index (χ0v) is 17.9. The lowest BCUT2D eigenvalue weighted by Crippen LogP contribution is -2.48. The van der Waals surface area contributed by atoms with Crippen LogP contribution in [-0.4, -0.2) is 28.9 Å². The van der Waals surface area contributed by atoms with E-state index in [4.69, 9.17) is 4.74 Å². The fraction of sp³-hybridized carbons (Fsp3) is 0.545. The number of likely N-dealkylation sites (tertiary alicyclic amines) is 1. The van der Waals surface area contributed by atoms with Crippen LogP contribution in [-0.2, 0) is 11.3 Å². The van der Waals surface area contributed by atoms with E-state index in [9.17, 15) is 4.79 Å². The van der Waals surface area contributed by atoms with E-state index in [1.807, 2.05) is 30.3 Å². The summed E-state index contributed by atoms with van der Waals surface area (Å²) in [5.41, 5.74) is 4.15. The predicted octanol–water partition coefficient (Wildman–Crippen LogP) is 5.27. The van der Waals surface area contributed by atoms with E-state index in [2.05, 4.69) is 43.5 Å². The van der Waals surface area contributed by atoms with Gasteiger partial charge in [-0.05, 0) is 57.4 Å². The highest BCUT2D eigenvalue weighted by molar-refractivity contribution is 5.96. The molecule has 28 heavy (non-hydrogen) atoms. The number of rotatable bonds is 3. The van der Waals surface area contributed by atoms with Gasteiger partial charge in [0, 0.05) is 18.5 Å². The number of benzene rings is 1. The molecule has 1 spiro atoms. The molecule has 1 amide bonds. The molecule has 0 saturated carbocycles. The summed E-state index contributed by atoms with van der Waals surface area (Å²) in [4.78, 5) is 14.5. The molecule has 1 atom stereocenters. The number of halogens is 1. The standard InChI is InChI=1S/C22H31N3O2.ClH/c1-21(2,3)24-23-19-16-22(12-8-5-9-13-22)14-15-25(19)20(26)27-17-18-10-6-4-7-11-18;/h4,6-8,10-12,24H,5,9,13-17H2,1-3H3;1H/b23-19+;.